The van der Waals surface area contributed by atoms with Gasteiger partial charge in [-0.2, -0.15) is 0 Å². The van der Waals surface area contributed by atoms with E-state index in [1.165, 1.54) is 10.8 Å². The van der Waals surface area contributed by atoms with Crippen LogP contribution in [-0.4, -0.2) is 26.5 Å². The second-order valence-corrected chi connectivity index (χ2v) is 9.83. The van der Waals surface area contributed by atoms with Crippen LogP contribution in [0.1, 0.15) is 19.4 Å². The van der Waals surface area contributed by atoms with Crippen molar-refractivity contribution in [1.29, 1.82) is 0 Å². The number of aliphatic imine (C=N–C) groups is 1. The highest BCUT2D eigenvalue weighted by molar-refractivity contribution is 7.03. The quantitative estimate of drug-likeness (QED) is 0.737. The molecule has 0 aromatic heterocycles. The molecule has 1 unspecified atom stereocenters. The number of carbonyl (C=O) groups is 1. The molecule has 2 aromatic rings. The van der Waals surface area contributed by atoms with Gasteiger partial charge in [-0.15, -0.1) is 0 Å². The third-order valence-electron chi connectivity index (χ3n) is 4.47. The maximum absolute atomic E-state index is 12.6. The SMILES string of the molecule is C[SiH]1C(=O)C(c2ccc3ccccc3c2)=NCC1(C)C. The fourth-order valence-electron chi connectivity index (χ4n) is 2.63. The Labute approximate surface area is 121 Å². The Morgan fingerprint density at radius 1 is 1.10 bits per heavy atom. The highest BCUT2D eigenvalue weighted by Crippen LogP contribution is 2.33. The van der Waals surface area contributed by atoms with Crippen molar-refractivity contribution in [2.24, 2.45) is 4.99 Å². The lowest BCUT2D eigenvalue weighted by Crippen LogP contribution is -2.44. The molecule has 0 fully saturated rings. The zero-order valence-corrected chi connectivity index (χ0v) is 13.3. The lowest BCUT2D eigenvalue weighted by atomic mass is 10.0. The molecule has 2 aromatic carbocycles. The van der Waals surface area contributed by atoms with Crippen molar-refractivity contribution in [1.82, 2.24) is 0 Å². The van der Waals surface area contributed by atoms with E-state index in [1.54, 1.807) is 0 Å². The van der Waals surface area contributed by atoms with Gasteiger partial charge in [-0.1, -0.05) is 56.8 Å². The molecular formula is C17H19NOSi. The number of benzene rings is 2. The molecule has 1 aliphatic rings. The molecule has 0 bridgehead atoms. The monoisotopic (exact) mass is 281 g/mol. The first-order valence-corrected chi connectivity index (χ1v) is 9.38. The van der Waals surface area contributed by atoms with Gasteiger partial charge in [-0.3, -0.25) is 9.79 Å². The third kappa shape index (κ3) is 2.12. The minimum absolute atomic E-state index is 0.0947. The molecule has 1 heterocycles. The lowest BCUT2D eigenvalue weighted by molar-refractivity contribution is -0.107. The van der Waals surface area contributed by atoms with Gasteiger partial charge in [0.25, 0.3) is 0 Å². The van der Waals surface area contributed by atoms with Crippen LogP contribution in [0.2, 0.25) is 11.6 Å². The first-order chi connectivity index (χ1) is 9.49. The van der Waals surface area contributed by atoms with Crippen molar-refractivity contribution in [2.45, 2.75) is 25.4 Å². The molecule has 0 spiro atoms. The van der Waals surface area contributed by atoms with Gasteiger partial charge in [0.15, 0.2) is 5.41 Å². The van der Waals surface area contributed by atoms with Gasteiger partial charge in [-0.25, -0.2) is 0 Å². The molecule has 0 radical (unpaired) electrons. The molecule has 0 saturated carbocycles. The number of fused-ring (bicyclic) bond motifs is 1. The summed E-state index contributed by atoms with van der Waals surface area (Å²) in [6, 6.07) is 14.4. The van der Waals surface area contributed by atoms with Crippen molar-refractivity contribution in [3.8, 4) is 0 Å². The van der Waals surface area contributed by atoms with E-state index in [-0.39, 0.29) is 5.04 Å². The van der Waals surface area contributed by atoms with E-state index in [1.807, 2.05) is 18.2 Å². The van der Waals surface area contributed by atoms with Crippen LogP contribution in [0.3, 0.4) is 0 Å². The summed E-state index contributed by atoms with van der Waals surface area (Å²) in [5, 5.41) is 2.76. The lowest BCUT2D eigenvalue weighted by Gasteiger charge is -2.32. The zero-order valence-electron chi connectivity index (χ0n) is 12.2. The number of hydrogen-bond donors (Lipinski definition) is 0. The summed E-state index contributed by atoms with van der Waals surface area (Å²) in [5.41, 5.74) is 1.68. The summed E-state index contributed by atoms with van der Waals surface area (Å²) in [6.07, 6.45) is 0. The topological polar surface area (TPSA) is 29.4 Å². The summed E-state index contributed by atoms with van der Waals surface area (Å²) in [7, 11) is -1.46. The van der Waals surface area contributed by atoms with Gasteiger partial charge in [0.2, 0.25) is 0 Å². The van der Waals surface area contributed by atoms with Crippen LogP contribution in [0.4, 0.5) is 0 Å². The average Bonchev–Trinajstić information content (AvgIpc) is 2.45. The van der Waals surface area contributed by atoms with Crippen LogP contribution in [0.15, 0.2) is 47.5 Å². The molecule has 0 N–H and O–H groups in total. The molecule has 102 valence electrons. The van der Waals surface area contributed by atoms with Crippen molar-refractivity contribution >= 4 is 30.7 Å². The Balaban J connectivity index is 2.07. The van der Waals surface area contributed by atoms with Crippen LogP contribution in [-0.2, 0) is 4.79 Å². The molecular weight excluding hydrogens is 262 g/mol. The number of nitrogens with zero attached hydrogens (tertiary/aromatic N) is 1. The van der Waals surface area contributed by atoms with E-state index in [0.29, 0.717) is 11.1 Å². The second-order valence-electron chi connectivity index (χ2n) is 6.30. The molecule has 20 heavy (non-hydrogen) atoms. The molecule has 2 nitrogen and oxygen atoms in total. The van der Waals surface area contributed by atoms with Gasteiger partial charge in [0, 0.05) is 12.1 Å². The zero-order chi connectivity index (χ0) is 14.3. The fourth-order valence-corrected chi connectivity index (χ4v) is 4.37. The summed E-state index contributed by atoms with van der Waals surface area (Å²) in [6.45, 7) is 7.26. The van der Waals surface area contributed by atoms with E-state index in [2.05, 4.69) is 49.7 Å². The van der Waals surface area contributed by atoms with Crippen molar-refractivity contribution < 1.29 is 4.79 Å². The van der Waals surface area contributed by atoms with Gasteiger partial charge < -0.3 is 0 Å². The number of hydrogen-bond acceptors (Lipinski definition) is 2. The standard InChI is InChI=1S/C17H19NOSi/c1-17(2)11-18-15(16(19)20(17)3)14-9-8-12-6-4-5-7-13(12)10-14/h4-10,20H,11H2,1-3H3. The van der Waals surface area contributed by atoms with Gasteiger partial charge in [0.05, 0.1) is 0 Å². The van der Waals surface area contributed by atoms with E-state index in [0.717, 1.165) is 12.1 Å². The van der Waals surface area contributed by atoms with Gasteiger partial charge >= 0.3 is 0 Å². The third-order valence-corrected chi connectivity index (χ3v) is 8.05. The number of carbonyl (C=O) groups excluding carboxylic acids is 1. The van der Waals surface area contributed by atoms with Crippen LogP contribution in [0.5, 0.6) is 0 Å². The van der Waals surface area contributed by atoms with Crippen LogP contribution >= 0.6 is 0 Å². The maximum Gasteiger partial charge on any atom is 0.155 e. The minimum Gasteiger partial charge on any atom is -0.299 e. The predicted molar refractivity (Wildman–Crippen MR) is 87.4 cm³/mol. The summed E-state index contributed by atoms with van der Waals surface area (Å²) in [4.78, 5) is 17.2. The van der Waals surface area contributed by atoms with Crippen molar-refractivity contribution in [2.75, 3.05) is 6.54 Å². The first kappa shape index (κ1) is 13.2. The number of rotatable bonds is 1. The average molecular weight is 281 g/mol. The second kappa shape index (κ2) is 4.67. The molecule has 0 saturated heterocycles. The van der Waals surface area contributed by atoms with Crippen LogP contribution in [0, 0.1) is 0 Å². The Morgan fingerprint density at radius 2 is 1.80 bits per heavy atom. The summed E-state index contributed by atoms with van der Waals surface area (Å²) >= 11 is 0. The predicted octanol–water partition coefficient (Wildman–Crippen LogP) is 3.39. The largest absolute Gasteiger partial charge is 0.299 e. The molecule has 1 aliphatic heterocycles. The minimum atomic E-state index is -1.46. The molecule has 0 amide bonds. The maximum atomic E-state index is 12.6. The first-order valence-electron chi connectivity index (χ1n) is 7.07. The molecule has 3 heteroatoms. The highest BCUT2D eigenvalue weighted by atomic mass is 28.3. The van der Waals surface area contributed by atoms with Crippen molar-refractivity contribution in [3.05, 3.63) is 48.0 Å². The van der Waals surface area contributed by atoms with E-state index in [4.69, 9.17) is 0 Å². The fraction of sp³-hybridized carbons (Fsp3) is 0.294. The molecule has 0 aliphatic carbocycles. The van der Waals surface area contributed by atoms with E-state index in [9.17, 15) is 4.79 Å². The van der Waals surface area contributed by atoms with E-state index < -0.39 is 8.80 Å². The Kier molecular flexibility index (Phi) is 3.09. The summed E-state index contributed by atoms with van der Waals surface area (Å²) in [5.74, 6) is 0. The highest BCUT2D eigenvalue weighted by Gasteiger charge is 2.38. The van der Waals surface area contributed by atoms with Crippen LogP contribution in [0.25, 0.3) is 10.8 Å². The molecule has 3 rings (SSSR count). The smallest absolute Gasteiger partial charge is 0.155 e. The van der Waals surface area contributed by atoms with E-state index >= 15 is 0 Å². The Morgan fingerprint density at radius 3 is 2.55 bits per heavy atom. The summed E-state index contributed by atoms with van der Waals surface area (Å²) < 4.78 is 0. The van der Waals surface area contributed by atoms with Crippen molar-refractivity contribution in [3.63, 3.8) is 0 Å². The van der Waals surface area contributed by atoms with Crippen LogP contribution < -0.4 is 0 Å². The van der Waals surface area contributed by atoms with Gasteiger partial charge in [0.1, 0.15) is 14.5 Å². The molecule has 1 atom stereocenters. The Hall–Kier alpha value is -1.74. The van der Waals surface area contributed by atoms with Gasteiger partial charge in [-0.05, 0) is 21.9 Å². The normalized spacial score (nSPS) is 21.9. The Bertz CT molecular complexity index is 718.